The first kappa shape index (κ1) is 13.1. The van der Waals surface area contributed by atoms with E-state index in [1.165, 1.54) is 7.11 Å². The van der Waals surface area contributed by atoms with E-state index >= 15 is 0 Å². The normalized spacial score (nSPS) is 31.3. The third-order valence-electron chi connectivity index (χ3n) is 4.33. The zero-order chi connectivity index (χ0) is 13.3. The number of ether oxygens (including phenoxy) is 1. The van der Waals surface area contributed by atoms with E-state index in [9.17, 15) is 9.59 Å². The lowest BCUT2D eigenvalue weighted by Crippen LogP contribution is -2.32. The molecule has 0 amide bonds. The first-order valence-electron chi connectivity index (χ1n) is 6.56. The molecule has 0 aliphatic heterocycles. The summed E-state index contributed by atoms with van der Waals surface area (Å²) in [7, 11) is 1.37. The monoisotopic (exact) mass is 248 g/mol. The summed E-state index contributed by atoms with van der Waals surface area (Å²) >= 11 is 0. The van der Waals surface area contributed by atoms with E-state index in [1.807, 2.05) is 0 Å². The Labute approximate surface area is 108 Å². The number of esters is 1. The third kappa shape index (κ3) is 2.26. The Bertz CT molecular complexity index is 419. The predicted octanol–water partition coefficient (Wildman–Crippen LogP) is 2.67. The molecule has 18 heavy (non-hydrogen) atoms. The molecule has 1 saturated carbocycles. The molecule has 0 aromatic heterocycles. The molecule has 2 aliphatic carbocycles. The largest absolute Gasteiger partial charge is 0.466 e. The summed E-state index contributed by atoms with van der Waals surface area (Å²) in [6, 6.07) is 0. The quantitative estimate of drug-likeness (QED) is 0.557. The van der Waals surface area contributed by atoms with Crippen LogP contribution in [0.15, 0.2) is 23.8 Å². The molecule has 0 heterocycles. The van der Waals surface area contributed by atoms with Gasteiger partial charge in [0, 0.05) is 17.9 Å². The third-order valence-corrected chi connectivity index (χ3v) is 4.33. The van der Waals surface area contributed by atoms with Gasteiger partial charge < -0.3 is 4.74 Å². The van der Waals surface area contributed by atoms with Crippen molar-refractivity contribution in [1.82, 2.24) is 0 Å². The minimum absolute atomic E-state index is 0.00269. The summed E-state index contributed by atoms with van der Waals surface area (Å²) in [6.45, 7) is 6.09. The van der Waals surface area contributed by atoms with Crippen molar-refractivity contribution in [2.45, 2.75) is 32.6 Å². The van der Waals surface area contributed by atoms with Gasteiger partial charge in [0.15, 0.2) is 5.78 Å². The maximum Gasteiger partial charge on any atom is 0.333 e. The summed E-state index contributed by atoms with van der Waals surface area (Å²) in [5, 5.41) is 0. The maximum absolute atomic E-state index is 11.6. The Morgan fingerprint density at radius 3 is 2.78 bits per heavy atom. The SMILES string of the molecule is C=C(C(=O)OC)[C@H]1CC[C@@H](C)[C@H]2CCC(=O)C=C12. The van der Waals surface area contributed by atoms with E-state index in [2.05, 4.69) is 13.5 Å². The van der Waals surface area contributed by atoms with E-state index < -0.39 is 0 Å². The summed E-state index contributed by atoms with van der Waals surface area (Å²) in [6.07, 6.45) is 5.27. The van der Waals surface area contributed by atoms with Crippen LogP contribution in [0.2, 0.25) is 0 Å². The first-order chi connectivity index (χ1) is 8.54. The highest BCUT2D eigenvalue weighted by atomic mass is 16.5. The maximum atomic E-state index is 11.6. The number of allylic oxidation sites excluding steroid dienone is 2. The van der Waals surface area contributed by atoms with Gasteiger partial charge in [0.25, 0.3) is 0 Å². The van der Waals surface area contributed by atoms with Crippen LogP contribution in [0, 0.1) is 17.8 Å². The second kappa shape index (κ2) is 5.09. The minimum Gasteiger partial charge on any atom is -0.466 e. The highest BCUT2D eigenvalue weighted by molar-refractivity contribution is 5.93. The first-order valence-corrected chi connectivity index (χ1v) is 6.56. The van der Waals surface area contributed by atoms with Gasteiger partial charge in [0.05, 0.1) is 7.11 Å². The molecule has 0 aromatic rings. The summed E-state index contributed by atoms with van der Waals surface area (Å²) in [5.74, 6) is 0.849. The van der Waals surface area contributed by atoms with Crippen LogP contribution in [-0.4, -0.2) is 18.9 Å². The van der Waals surface area contributed by atoms with Crippen LogP contribution in [0.4, 0.5) is 0 Å². The molecule has 2 aliphatic rings. The van der Waals surface area contributed by atoms with Crippen LogP contribution >= 0.6 is 0 Å². The summed E-state index contributed by atoms with van der Waals surface area (Å²) in [5.41, 5.74) is 1.61. The Morgan fingerprint density at radius 1 is 1.39 bits per heavy atom. The number of carbonyl (C=O) groups is 2. The van der Waals surface area contributed by atoms with Gasteiger partial charge in [-0.25, -0.2) is 4.79 Å². The second-order valence-corrected chi connectivity index (χ2v) is 5.38. The van der Waals surface area contributed by atoms with Crippen molar-refractivity contribution in [3.05, 3.63) is 23.8 Å². The highest BCUT2D eigenvalue weighted by Gasteiger charge is 2.37. The lowest BCUT2D eigenvalue weighted by atomic mass is 9.65. The molecule has 98 valence electrons. The van der Waals surface area contributed by atoms with E-state index in [-0.39, 0.29) is 17.7 Å². The fraction of sp³-hybridized carbons (Fsp3) is 0.600. The predicted molar refractivity (Wildman–Crippen MR) is 68.9 cm³/mol. The average Bonchev–Trinajstić information content (AvgIpc) is 2.37. The lowest BCUT2D eigenvalue weighted by Gasteiger charge is -2.39. The number of fused-ring (bicyclic) bond motifs is 1. The summed E-state index contributed by atoms with van der Waals surface area (Å²) < 4.78 is 4.75. The fourth-order valence-corrected chi connectivity index (χ4v) is 3.25. The van der Waals surface area contributed by atoms with Crippen molar-refractivity contribution in [2.75, 3.05) is 7.11 Å². The van der Waals surface area contributed by atoms with Gasteiger partial charge in [-0.1, -0.05) is 19.1 Å². The Hall–Kier alpha value is -1.38. The zero-order valence-corrected chi connectivity index (χ0v) is 11.1. The van der Waals surface area contributed by atoms with Crippen LogP contribution in [0.5, 0.6) is 0 Å². The average molecular weight is 248 g/mol. The van der Waals surface area contributed by atoms with Crippen LogP contribution in [0.1, 0.15) is 32.6 Å². The van der Waals surface area contributed by atoms with Crippen LogP contribution in [-0.2, 0) is 14.3 Å². The van der Waals surface area contributed by atoms with Crippen molar-refractivity contribution in [2.24, 2.45) is 17.8 Å². The van der Waals surface area contributed by atoms with Crippen LogP contribution in [0.3, 0.4) is 0 Å². The second-order valence-electron chi connectivity index (χ2n) is 5.38. The summed E-state index contributed by atoms with van der Waals surface area (Å²) in [4.78, 5) is 23.2. The van der Waals surface area contributed by atoms with Gasteiger partial charge >= 0.3 is 5.97 Å². The Kier molecular flexibility index (Phi) is 3.69. The number of ketones is 1. The number of hydrogen-bond donors (Lipinski definition) is 0. The number of rotatable bonds is 2. The van der Waals surface area contributed by atoms with E-state index in [0.29, 0.717) is 23.8 Å². The zero-order valence-electron chi connectivity index (χ0n) is 11.1. The molecule has 0 N–H and O–H groups in total. The van der Waals surface area contributed by atoms with Crippen LogP contribution in [0.25, 0.3) is 0 Å². The van der Waals surface area contributed by atoms with Crippen LogP contribution < -0.4 is 0 Å². The molecule has 0 radical (unpaired) electrons. The molecule has 0 saturated heterocycles. The smallest absolute Gasteiger partial charge is 0.333 e. The van der Waals surface area contributed by atoms with Crippen molar-refractivity contribution in [3.63, 3.8) is 0 Å². The number of carbonyl (C=O) groups excluding carboxylic acids is 2. The molecule has 0 unspecified atom stereocenters. The van der Waals surface area contributed by atoms with Crippen molar-refractivity contribution >= 4 is 11.8 Å². The molecular weight excluding hydrogens is 228 g/mol. The molecule has 0 spiro atoms. The highest BCUT2D eigenvalue weighted by Crippen LogP contribution is 2.45. The van der Waals surface area contributed by atoms with Crippen molar-refractivity contribution < 1.29 is 14.3 Å². The molecule has 2 rings (SSSR count). The van der Waals surface area contributed by atoms with E-state index in [1.54, 1.807) is 6.08 Å². The number of hydrogen-bond acceptors (Lipinski definition) is 3. The fourth-order valence-electron chi connectivity index (χ4n) is 3.25. The minimum atomic E-state index is -0.354. The van der Waals surface area contributed by atoms with Gasteiger partial charge in [-0.15, -0.1) is 0 Å². The molecule has 3 atom stereocenters. The van der Waals surface area contributed by atoms with Gasteiger partial charge in [0.1, 0.15) is 0 Å². The topological polar surface area (TPSA) is 43.4 Å². The van der Waals surface area contributed by atoms with Gasteiger partial charge in [-0.2, -0.15) is 0 Å². The molecule has 3 nitrogen and oxygen atoms in total. The molecule has 3 heteroatoms. The molecular formula is C15H20O3. The van der Waals surface area contributed by atoms with E-state index in [0.717, 1.165) is 24.8 Å². The van der Waals surface area contributed by atoms with Crippen molar-refractivity contribution in [3.8, 4) is 0 Å². The molecule has 0 bridgehead atoms. The van der Waals surface area contributed by atoms with Gasteiger partial charge in [-0.05, 0) is 37.2 Å². The van der Waals surface area contributed by atoms with Crippen molar-refractivity contribution in [1.29, 1.82) is 0 Å². The van der Waals surface area contributed by atoms with Gasteiger partial charge in [0.2, 0.25) is 0 Å². The van der Waals surface area contributed by atoms with Gasteiger partial charge in [-0.3, -0.25) is 4.79 Å². The van der Waals surface area contributed by atoms with E-state index in [4.69, 9.17) is 4.74 Å². The standard InChI is InChI=1S/C15H20O3/c1-9-4-6-13(10(2)15(17)18-3)14-8-11(16)5-7-12(9)14/h8-9,12-13H,2,4-7H2,1,3H3/t9-,12-,13-/m1/s1. The lowest BCUT2D eigenvalue weighted by molar-refractivity contribution is -0.136. The molecule has 1 fully saturated rings. The number of methoxy groups -OCH3 is 1. The Morgan fingerprint density at radius 2 is 2.11 bits per heavy atom. The molecule has 0 aromatic carbocycles. The Balaban J connectivity index is 2.28.